The summed E-state index contributed by atoms with van der Waals surface area (Å²) in [5, 5.41) is 9.90. The van der Waals surface area contributed by atoms with Crippen LogP contribution in [0.25, 0.3) is 0 Å². The van der Waals surface area contributed by atoms with Crippen LogP contribution >= 0.6 is 0 Å². The molecule has 1 N–H and O–H groups in total. The second-order valence-corrected chi connectivity index (χ2v) is 3.94. The van der Waals surface area contributed by atoms with Gasteiger partial charge in [-0.15, -0.1) is 0 Å². The van der Waals surface area contributed by atoms with Crippen LogP contribution in [0.2, 0.25) is 0 Å². The van der Waals surface area contributed by atoms with E-state index in [0.29, 0.717) is 19.5 Å². The van der Waals surface area contributed by atoms with E-state index in [1.165, 1.54) is 0 Å². The third kappa shape index (κ3) is 2.02. The van der Waals surface area contributed by atoms with Gasteiger partial charge in [-0.2, -0.15) is 0 Å². The van der Waals surface area contributed by atoms with E-state index >= 15 is 0 Å². The molecule has 0 saturated carbocycles. The van der Waals surface area contributed by atoms with Gasteiger partial charge < -0.3 is 10.0 Å². The van der Waals surface area contributed by atoms with Crippen LogP contribution in [0.3, 0.4) is 0 Å². The van der Waals surface area contributed by atoms with Gasteiger partial charge in [0.05, 0.1) is 6.10 Å². The molecule has 0 aromatic heterocycles. The van der Waals surface area contributed by atoms with E-state index in [0.717, 1.165) is 11.1 Å². The monoisotopic (exact) mass is 205 g/mol. The minimum absolute atomic E-state index is 0.0684. The number of carbonyl (C=O) groups excluding carboxylic acids is 1. The highest BCUT2D eigenvalue weighted by Gasteiger charge is 2.21. The van der Waals surface area contributed by atoms with Gasteiger partial charge in [0.15, 0.2) is 0 Å². The van der Waals surface area contributed by atoms with Crippen molar-refractivity contribution in [1.29, 1.82) is 0 Å². The molecule has 15 heavy (non-hydrogen) atoms. The molecule has 0 aliphatic carbocycles. The smallest absolute Gasteiger partial charge is 0.219 e. The highest BCUT2D eigenvalue weighted by molar-refractivity contribution is 5.73. The van der Waals surface area contributed by atoms with E-state index in [1.807, 2.05) is 24.3 Å². The van der Waals surface area contributed by atoms with Crippen LogP contribution in [0, 0.1) is 0 Å². The highest BCUT2D eigenvalue weighted by Crippen LogP contribution is 2.26. The molecule has 1 aliphatic rings. The minimum Gasteiger partial charge on any atom is -0.388 e. The van der Waals surface area contributed by atoms with Crippen molar-refractivity contribution in [2.75, 3.05) is 6.54 Å². The van der Waals surface area contributed by atoms with Gasteiger partial charge in [0, 0.05) is 20.0 Å². The van der Waals surface area contributed by atoms with Crippen LogP contribution < -0.4 is 0 Å². The number of amides is 1. The Morgan fingerprint density at radius 3 is 2.93 bits per heavy atom. The van der Waals surface area contributed by atoms with E-state index in [-0.39, 0.29) is 5.91 Å². The van der Waals surface area contributed by atoms with Crippen molar-refractivity contribution in [2.45, 2.75) is 26.0 Å². The number of fused-ring (bicyclic) bond motifs is 1. The van der Waals surface area contributed by atoms with Crippen LogP contribution in [-0.4, -0.2) is 22.5 Å². The molecular formula is C12H15NO2. The average molecular weight is 205 g/mol. The van der Waals surface area contributed by atoms with E-state index in [2.05, 4.69) is 0 Å². The van der Waals surface area contributed by atoms with Crippen LogP contribution in [0.1, 0.15) is 30.6 Å². The molecular weight excluding hydrogens is 190 g/mol. The van der Waals surface area contributed by atoms with E-state index < -0.39 is 6.10 Å². The normalized spacial score (nSPS) is 20.7. The summed E-state index contributed by atoms with van der Waals surface area (Å²) in [6.07, 6.45) is 0.182. The first-order valence-corrected chi connectivity index (χ1v) is 5.20. The predicted octanol–water partition coefficient (Wildman–Crippen LogP) is 1.47. The minimum atomic E-state index is -0.439. The largest absolute Gasteiger partial charge is 0.388 e. The molecule has 80 valence electrons. The molecule has 0 unspecified atom stereocenters. The molecule has 0 bridgehead atoms. The third-order valence-corrected chi connectivity index (χ3v) is 2.89. The van der Waals surface area contributed by atoms with E-state index in [4.69, 9.17) is 0 Å². The van der Waals surface area contributed by atoms with E-state index in [1.54, 1.807) is 11.8 Å². The van der Waals surface area contributed by atoms with Crippen LogP contribution in [0.4, 0.5) is 0 Å². The number of hydrogen-bond donors (Lipinski definition) is 1. The summed E-state index contributed by atoms with van der Waals surface area (Å²) >= 11 is 0. The summed E-state index contributed by atoms with van der Waals surface area (Å²) in [6, 6.07) is 7.77. The molecule has 1 aromatic carbocycles. The molecule has 0 fully saturated rings. The first-order valence-electron chi connectivity index (χ1n) is 5.20. The molecule has 1 heterocycles. The van der Waals surface area contributed by atoms with Crippen molar-refractivity contribution in [3.8, 4) is 0 Å². The molecule has 3 nitrogen and oxygen atoms in total. The molecule has 1 aromatic rings. The van der Waals surface area contributed by atoms with Gasteiger partial charge >= 0.3 is 0 Å². The summed E-state index contributed by atoms with van der Waals surface area (Å²) in [5.74, 6) is 0.0684. The standard InChI is InChI=1S/C12H15NO2/c1-9(14)13-7-6-12(15)11-5-3-2-4-10(11)8-13/h2-5,12,15H,6-8H2,1H3/t12-/m1/s1. The van der Waals surface area contributed by atoms with Crippen molar-refractivity contribution in [3.05, 3.63) is 35.4 Å². The van der Waals surface area contributed by atoms with Crippen molar-refractivity contribution in [3.63, 3.8) is 0 Å². The molecule has 1 aliphatic heterocycles. The maximum absolute atomic E-state index is 11.3. The van der Waals surface area contributed by atoms with Gasteiger partial charge in [-0.05, 0) is 17.5 Å². The predicted molar refractivity (Wildman–Crippen MR) is 57.1 cm³/mol. The first kappa shape index (κ1) is 10.2. The van der Waals surface area contributed by atoms with Crippen LogP contribution in [0.15, 0.2) is 24.3 Å². The van der Waals surface area contributed by atoms with Crippen molar-refractivity contribution in [2.24, 2.45) is 0 Å². The van der Waals surface area contributed by atoms with Crippen LogP contribution in [0.5, 0.6) is 0 Å². The lowest BCUT2D eigenvalue weighted by molar-refractivity contribution is -0.129. The number of aliphatic hydroxyl groups is 1. The number of benzene rings is 1. The van der Waals surface area contributed by atoms with Crippen molar-refractivity contribution in [1.82, 2.24) is 4.90 Å². The fraction of sp³-hybridized carbons (Fsp3) is 0.417. The maximum Gasteiger partial charge on any atom is 0.219 e. The Balaban J connectivity index is 2.33. The molecule has 0 radical (unpaired) electrons. The maximum atomic E-state index is 11.3. The zero-order valence-corrected chi connectivity index (χ0v) is 8.81. The summed E-state index contributed by atoms with van der Waals surface area (Å²) in [5.41, 5.74) is 2.01. The number of carbonyl (C=O) groups is 1. The average Bonchev–Trinajstić information content (AvgIpc) is 2.39. The SMILES string of the molecule is CC(=O)N1CC[C@@H](O)c2ccccc2C1. The lowest BCUT2D eigenvalue weighted by Crippen LogP contribution is -2.28. The second-order valence-electron chi connectivity index (χ2n) is 3.94. The summed E-state index contributed by atoms with van der Waals surface area (Å²) in [6.45, 7) is 2.81. The number of rotatable bonds is 0. The Morgan fingerprint density at radius 2 is 2.20 bits per heavy atom. The second kappa shape index (κ2) is 4.03. The molecule has 1 atom stereocenters. The van der Waals surface area contributed by atoms with Gasteiger partial charge in [-0.1, -0.05) is 24.3 Å². The van der Waals surface area contributed by atoms with Gasteiger partial charge in [0.1, 0.15) is 0 Å². The topological polar surface area (TPSA) is 40.5 Å². The number of hydrogen-bond acceptors (Lipinski definition) is 2. The Kier molecular flexibility index (Phi) is 2.73. The van der Waals surface area contributed by atoms with Gasteiger partial charge in [0.2, 0.25) is 5.91 Å². The zero-order valence-electron chi connectivity index (χ0n) is 8.81. The fourth-order valence-electron chi connectivity index (χ4n) is 1.99. The third-order valence-electron chi connectivity index (χ3n) is 2.89. The zero-order chi connectivity index (χ0) is 10.8. The molecule has 1 amide bonds. The Bertz CT molecular complexity index is 376. The van der Waals surface area contributed by atoms with Crippen LogP contribution in [-0.2, 0) is 11.3 Å². The highest BCUT2D eigenvalue weighted by atomic mass is 16.3. The number of nitrogens with zero attached hydrogens (tertiary/aromatic N) is 1. The molecule has 3 heteroatoms. The van der Waals surface area contributed by atoms with Gasteiger partial charge in [-0.3, -0.25) is 4.79 Å². The Labute approximate surface area is 89.3 Å². The fourth-order valence-corrected chi connectivity index (χ4v) is 1.99. The van der Waals surface area contributed by atoms with Gasteiger partial charge in [-0.25, -0.2) is 0 Å². The summed E-state index contributed by atoms with van der Waals surface area (Å²) in [7, 11) is 0. The molecule has 2 rings (SSSR count). The molecule has 0 spiro atoms. The number of aliphatic hydroxyl groups excluding tert-OH is 1. The Hall–Kier alpha value is -1.35. The van der Waals surface area contributed by atoms with Gasteiger partial charge in [0.25, 0.3) is 0 Å². The van der Waals surface area contributed by atoms with Crippen molar-refractivity contribution < 1.29 is 9.90 Å². The lowest BCUT2D eigenvalue weighted by Gasteiger charge is -2.18. The lowest BCUT2D eigenvalue weighted by atomic mass is 10.0. The first-order chi connectivity index (χ1) is 7.18. The molecule has 0 saturated heterocycles. The Morgan fingerprint density at radius 1 is 1.47 bits per heavy atom. The summed E-state index contributed by atoms with van der Waals surface area (Å²) in [4.78, 5) is 13.1. The summed E-state index contributed by atoms with van der Waals surface area (Å²) < 4.78 is 0. The van der Waals surface area contributed by atoms with E-state index in [9.17, 15) is 9.90 Å². The van der Waals surface area contributed by atoms with Crippen molar-refractivity contribution >= 4 is 5.91 Å². The quantitative estimate of drug-likeness (QED) is 0.696.